The van der Waals surface area contributed by atoms with Crippen molar-refractivity contribution >= 4 is 43.2 Å². The number of halogens is 1. The summed E-state index contributed by atoms with van der Waals surface area (Å²) in [7, 11) is -3.59. The minimum absolute atomic E-state index is 0.00722. The number of thiophene rings is 1. The fourth-order valence-electron chi connectivity index (χ4n) is 2.52. The van der Waals surface area contributed by atoms with Crippen molar-refractivity contribution in [1.82, 2.24) is 9.62 Å². The van der Waals surface area contributed by atoms with Gasteiger partial charge in [0.2, 0.25) is 15.9 Å². The molecule has 1 fully saturated rings. The Hall–Kier alpha value is -1.22. The van der Waals surface area contributed by atoms with Crippen LogP contribution in [0.5, 0.6) is 0 Å². The maximum atomic E-state index is 12.5. The van der Waals surface area contributed by atoms with Gasteiger partial charge in [0.25, 0.3) is 0 Å². The molecule has 0 unspecified atom stereocenters. The molecule has 134 valence electrons. The highest BCUT2D eigenvalue weighted by molar-refractivity contribution is 9.10. The van der Waals surface area contributed by atoms with Crippen LogP contribution in [0.1, 0.15) is 24.8 Å². The minimum Gasteiger partial charge on any atom is -0.335 e. The molecule has 0 atom stereocenters. The fourth-order valence-corrected chi connectivity index (χ4v) is 4.48. The summed E-state index contributed by atoms with van der Waals surface area (Å²) in [6, 6.07) is 8.73. The van der Waals surface area contributed by atoms with E-state index in [1.165, 1.54) is 12.1 Å². The highest BCUT2D eigenvalue weighted by atomic mass is 79.9. The third-order valence-corrected chi connectivity index (χ3v) is 6.73. The predicted octanol–water partition coefficient (Wildman–Crippen LogP) is 3.37. The van der Waals surface area contributed by atoms with E-state index in [1.54, 1.807) is 23.5 Å². The SMILES string of the molecule is O=C(CCNS(=O)(=O)c1ccc(Br)cc1)N(Cc1ccsc1)C1CC1. The third kappa shape index (κ3) is 5.13. The highest BCUT2D eigenvalue weighted by Gasteiger charge is 2.32. The second-order valence-electron chi connectivity index (χ2n) is 5.99. The van der Waals surface area contributed by atoms with Crippen molar-refractivity contribution < 1.29 is 13.2 Å². The van der Waals surface area contributed by atoms with Crippen molar-refractivity contribution in [3.63, 3.8) is 0 Å². The molecule has 1 amide bonds. The first-order valence-electron chi connectivity index (χ1n) is 8.01. The lowest BCUT2D eigenvalue weighted by molar-refractivity contribution is -0.132. The summed E-state index contributed by atoms with van der Waals surface area (Å²) in [4.78, 5) is 14.6. The van der Waals surface area contributed by atoms with E-state index in [9.17, 15) is 13.2 Å². The highest BCUT2D eigenvalue weighted by Crippen LogP contribution is 2.29. The van der Waals surface area contributed by atoms with E-state index in [1.807, 2.05) is 21.7 Å². The lowest BCUT2D eigenvalue weighted by atomic mass is 10.2. The standard InChI is InChI=1S/C17H19BrN2O3S2/c18-14-1-5-16(6-2-14)25(22,23)19-9-7-17(21)20(15-3-4-15)11-13-8-10-24-12-13/h1-2,5-6,8,10,12,15,19H,3-4,7,9,11H2. The Balaban J connectivity index is 1.55. The van der Waals surface area contributed by atoms with Gasteiger partial charge in [-0.2, -0.15) is 11.3 Å². The van der Waals surface area contributed by atoms with Crippen LogP contribution < -0.4 is 4.72 Å². The van der Waals surface area contributed by atoms with Crippen LogP contribution in [0.2, 0.25) is 0 Å². The first-order valence-corrected chi connectivity index (χ1v) is 11.2. The van der Waals surface area contributed by atoms with Crippen molar-refractivity contribution in [2.24, 2.45) is 0 Å². The first kappa shape index (κ1) is 18.6. The van der Waals surface area contributed by atoms with Crippen LogP contribution in [-0.2, 0) is 21.4 Å². The van der Waals surface area contributed by atoms with Gasteiger partial charge in [0.15, 0.2) is 0 Å². The number of carbonyl (C=O) groups is 1. The monoisotopic (exact) mass is 442 g/mol. The third-order valence-electron chi connectivity index (χ3n) is 4.00. The van der Waals surface area contributed by atoms with Crippen LogP contribution in [0.15, 0.2) is 50.5 Å². The molecule has 2 aromatic rings. The minimum atomic E-state index is -3.59. The summed E-state index contributed by atoms with van der Waals surface area (Å²) in [6.07, 6.45) is 2.22. The number of carbonyl (C=O) groups excluding carboxylic acids is 1. The molecule has 0 radical (unpaired) electrons. The zero-order valence-corrected chi connectivity index (χ0v) is 16.7. The van der Waals surface area contributed by atoms with Gasteiger partial charge in [0.05, 0.1) is 4.90 Å². The average molecular weight is 443 g/mol. The molecule has 0 bridgehead atoms. The Morgan fingerprint density at radius 1 is 1.24 bits per heavy atom. The first-order chi connectivity index (χ1) is 12.0. The number of hydrogen-bond donors (Lipinski definition) is 1. The number of amides is 1. The summed E-state index contributed by atoms with van der Waals surface area (Å²) < 4.78 is 27.8. The maximum Gasteiger partial charge on any atom is 0.240 e. The molecule has 1 aromatic heterocycles. The number of benzene rings is 1. The van der Waals surface area contributed by atoms with Gasteiger partial charge in [-0.1, -0.05) is 15.9 Å². The molecule has 1 saturated carbocycles. The molecule has 1 heterocycles. The number of hydrogen-bond acceptors (Lipinski definition) is 4. The molecule has 5 nitrogen and oxygen atoms in total. The van der Waals surface area contributed by atoms with Crippen LogP contribution >= 0.6 is 27.3 Å². The van der Waals surface area contributed by atoms with Gasteiger partial charge in [0, 0.05) is 30.0 Å². The van der Waals surface area contributed by atoms with E-state index >= 15 is 0 Å². The molecule has 1 N–H and O–H groups in total. The molecule has 25 heavy (non-hydrogen) atoms. The van der Waals surface area contributed by atoms with Crippen molar-refractivity contribution in [1.29, 1.82) is 0 Å². The Kier molecular flexibility index (Phi) is 5.93. The summed E-state index contributed by atoms with van der Waals surface area (Å²) in [6.45, 7) is 0.705. The molecule has 0 saturated heterocycles. The van der Waals surface area contributed by atoms with E-state index in [2.05, 4.69) is 20.7 Å². The summed E-state index contributed by atoms with van der Waals surface area (Å²) in [5, 5.41) is 4.04. The lowest BCUT2D eigenvalue weighted by Crippen LogP contribution is -2.35. The molecular weight excluding hydrogens is 424 g/mol. The van der Waals surface area contributed by atoms with E-state index in [0.29, 0.717) is 12.6 Å². The second-order valence-corrected chi connectivity index (χ2v) is 9.45. The largest absolute Gasteiger partial charge is 0.335 e. The van der Waals surface area contributed by atoms with Crippen molar-refractivity contribution in [3.05, 3.63) is 51.1 Å². The van der Waals surface area contributed by atoms with E-state index in [4.69, 9.17) is 0 Å². The summed E-state index contributed by atoms with van der Waals surface area (Å²) >= 11 is 4.89. The molecule has 8 heteroatoms. The average Bonchev–Trinajstić information content (AvgIpc) is 3.28. The van der Waals surface area contributed by atoms with Crippen molar-refractivity contribution in [3.8, 4) is 0 Å². The molecule has 1 aliphatic carbocycles. The van der Waals surface area contributed by atoms with Crippen molar-refractivity contribution in [2.75, 3.05) is 6.54 Å². The van der Waals surface area contributed by atoms with Crippen LogP contribution in [0.25, 0.3) is 0 Å². The van der Waals surface area contributed by atoms with E-state index < -0.39 is 10.0 Å². The molecule has 1 aliphatic rings. The van der Waals surface area contributed by atoms with Crippen LogP contribution in [0, 0.1) is 0 Å². The Labute approximate surface area is 160 Å². The summed E-state index contributed by atoms with van der Waals surface area (Å²) in [5.41, 5.74) is 1.13. The second kappa shape index (κ2) is 7.99. The lowest BCUT2D eigenvalue weighted by Gasteiger charge is -2.22. The maximum absolute atomic E-state index is 12.5. The zero-order valence-electron chi connectivity index (χ0n) is 13.5. The van der Waals surface area contributed by atoms with Gasteiger partial charge in [-0.05, 0) is 59.5 Å². The zero-order chi connectivity index (χ0) is 17.9. The van der Waals surface area contributed by atoms with Gasteiger partial charge in [-0.15, -0.1) is 0 Å². The summed E-state index contributed by atoms with van der Waals surface area (Å²) in [5.74, 6) is -0.00722. The topological polar surface area (TPSA) is 66.5 Å². The van der Waals surface area contributed by atoms with Crippen LogP contribution in [-0.4, -0.2) is 31.8 Å². The number of rotatable bonds is 8. The number of nitrogens with one attached hydrogen (secondary N) is 1. The molecule has 0 aliphatic heterocycles. The molecule has 3 rings (SSSR count). The molecular formula is C17H19BrN2O3S2. The van der Waals surface area contributed by atoms with Gasteiger partial charge in [0.1, 0.15) is 0 Å². The van der Waals surface area contributed by atoms with Crippen LogP contribution in [0.4, 0.5) is 0 Å². The molecule has 0 spiro atoms. The van der Waals surface area contributed by atoms with Gasteiger partial charge in [-0.25, -0.2) is 13.1 Å². The molecule has 1 aromatic carbocycles. The van der Waals surface area contributed by atoms with Gasteiger partial charge < -0.3 is 4.90 Å². The number of nitrogens with zero attached hydrogens (tertiary/aromatic N) is 1. The van der Waals surface area contributed by atoms with Gasteiger partial charge >= 0.3 is 0 Å². The van der Waals surface area contributed by atoms with Gasteiger partial charge in [-0.3, -0.25) is 4.79 Å². The Morgan fingerprint density at radius 2 is 1.96 bits per heavy atom. The van der Waals surface area contributed by atoms with E-state index in [-0.39, 0.29) is 23.8 Å². The number of sulfonamides is 1. The quantitative estimate of drug-likeness (QED) is 0.681. The Morgan fingerprint density at radius 3 is 2.56 bits per heavy atom. The van der Waals surface area contributed by atoms with Crippen LogP contribution in [0.3, 0.4) is 0 Å². The fraction of sp³-hybridized carbons (Fsp3) is 0.353. The van der Waals surface area contributed by atoms with E-state index in [0.717, 1.165) is 22.9 Å². The van der Waals surface area contributed by atoms with Crippen molar-refractivity contribution in [2.45, 2.75) is 36.7 Å². The Bertz CT molecular complexity index is 816. The smallest absolute Gasteiger partial charge is 0.240 e. The normalized spacial score (nSPS) is 14.4. The predicted molar refractivity (Wildman–Crippen MR) is 102 cm³/mol.